The first kappa shape index (κ1) is 14.1. The lowest BCUT2D eigenvalue weighted by Gasteiger charge is -2.27. The van der Waals surface area contributed by atoms with Crippen molar-refractivity contribution in [3.8, 4) is 0 Å². The second-order valence-corrected chi connectivity index (χ2v) is 6.63. The zero-order valence-corrected chi connectivity index (χ0v) is 11.2. The van der Waals surface area contributed by atoms with Gasteiger partial charge in [-0.1, -0.05) is 27.4 Å². The summed E-state index contributed by atoms with van der Waals surface area (Å²) >= 11 is 0. The highest BCUT2D eigenvalue weighted by Gasteiger charge is 2.15. The Labute approximate surface area is 104 Å². The Morgan fingerprint density at radius 2 is 1.71 bits per heavy atom. The van der Waals surface area contributed by atoms with Crippen LogP contribution in [0.3, 0.4) is 0 Å². The van der Waals surface area contributed by atoms with Gasteiger partial charge in [0.15, 0.2) is 0 Å². The average Bonchev–Trinajstić information content (AvgIpc) is 2.15. The Kier molecular flexibility index (Phi) is 3.88. The molecule has 0 bridgehead atoms. The molecule has 0 unspecified atom stereocenters. The lowest BCUT2D eigenvalue weighted by molar-refractivity contribution is 0.489. The van der Waals surface area contributed by atoms with Crippen LogP contribution in [0.15, 0.2) is 41.4 Å². The van der Waals surface area contributed by atoms with Crippen molar-refractivity contribution in [2.24, 2.45) is 10.6 Å². The molecule has 0 heterocycles. The third-order valence-corrected chi connectivity index (χ3v) is 3.37. The van der Waals surface area contributed by atoms with Crippen LogP contribution in [-0.4, -0.2) is 9.11 Å². The monoisotopic (exact) mass is 256 g/mol. The van der Waals surface area contributed by atoms with E-state index in [4.69, 9.17) is 5.14 Å². The Bertz CT molecular complexity index is 402. The van der Waals surface area contributed by atoms with E-state index in [1.165, 1.54) is 0 Å². The molecular formula is C12H20N2O2S. The molecule has 0 amide bonds. The van der Waals surface area contributed by atoms with Crippen LogP contribution >= 0.6 is 10.8 Å². The first-order valence-corrected chi connectivity index (χ1v) is 6.84. The quantitative estimate of drug-likeness (QED) is 0.665. The number of hydrogen-bond acceptors (Lipinski definition) is 4. The molecule has 0 aliphatic carbocycles. The molecule has 5 heteroatoms. The molecule has 96 valence electrons. The van der Waals surface area contributed by atoms with Gasteiger partial charge in [0, 0.05) is 16.8 Å². The van der Waals surface area contributed by atoms with E-state index in [1.54, 1.807) is 24.3 Å². The molecule has 0 fully saturated rings. The SMILES string of the molecule is C=C(Nc1ccc(S(N)(O)O)cc1)C(C)(C)C. The van der Waals surface area contributed by atoms with E-state index in [9.17, 15) is 9.11 Å². The van der Waals surface area contributed by atoms with Crippen LogP contribution in [0, 0.1) is 5.41 Å². The lowest BCUT2D eigenvalue weighted by Crippen LogP contribution is -2.15. The van der Waals surface area contributed by atoms with Crippen LogP contribution in [0.4, 0.5) is 5.69 Å². The van der Waals surface area contributed by atoms with Crippen molar-refractivity contribution in [1.82, 2.24) is 0 Å². The molecule has 1 rings (SSSR count). The third-order valence-electron chi connectivity index (χ3n) is 2.40. The fraction of sp³-hybridized carbons (Fsp3) is 0.333. The standard InChI is InChI=1S/C12H20N2O2S/c1-9(12(2,3)4)14-10-5-7-11(8-6-10)17(13,15)16/h5-8,14-16H,1,13H2,2-4H3. The van der Waals surface area contributed by atoms with Gasteiger partial charge < -0.3 is 5.32 Å². The van der Waals surface area contributed by atoms with E-state index in [0.29, 0.717) is 4.90 Å². The molecule has 0 saturated heterocycles. The predicted octanol–water partition coefficient (Wildman–Crippen LogP) is 3.64. The van der Waals surface area contributed by atoms with Crippen molar-refractivity contribution in [3.05, 3.63) is 36.5 Å². The van der Waals surface area contributed by atoms with Crippen molar-refractivity contribution in [2.45, 2.75) is 25.7 Å². The smallest absolute Gasteiger partial charge is 0.0749 e. The Hall–Kier alpha value is -1.01. The predicted molar refractivity (Wildman–Crippen MR) is 74.0 cm³/mol. The van der Waals surface area contributed by atoms with Crippen LogP contribution < -0.4 is 10.5 Å². The van der Waals surface area contributed by atoms with Crippen molar-refractivity contribution in [2.75, 3.05) is 5.32 Å². The van der Waals surface area contributed by atoms with E-state index < -0.39 is 10.8 Å². The first-order chi connectivity index (χ1) is 7.60. The van der Waals surface area contributed by atoms with E-state index in [1.807, 2.05) is 0 Å². The van der Waals surface area contributed by atoms with E-state index in [2.05, 4.69) is 32.7 Å². The maximum absolute atomic E-state index is 9.27. The molecule has 0 aliphatic heterocycles. The molecule has 1 aromatic carbocycles. The van der Waals surface area contributed by atoms with Crippen LogP contribution in [0.2, 0.25) is 0 Å². The molecule has 0 atom stereocenters. The second-order valence-electron chi connectivity index (χ2n) is 4.97. The molecule has 0 radical (unpaired) electrons. The summed E-state index contributed by atoms with van der Waals surface area (Å²) < 4.78 is 18.5. The Balaban J connectivity index is 2.80. The van der Waals surface area contributed by atoms with Crippen molar-refractivity contribution in [1.29, 1.82) is 0 Å². The lowest BCUT2D eigenvalue weighted by atomic mass is 9.93. The number of benzene rings is 1. The van der Waals surface area contributed by atoms with Gasteiger partial charge in [-0.05, 0) is 24.3 Å². The summed E-state index contributed by atoms with van der Waals surface area (Å²) in [6.07, 6.45) is 0. The van der Waals surface area contributed by atoms with Gasteiger partial charge in [0.1, 0.15) is 0 Å². The Morgan fingerprint density at radius 1 is 1.24 bits per heavy atom. The maximum atomic E-state index is 9.27. The topological polar surface area (TPSA) is 78.5 Å². The molecule has 1 aromatic rings. The highest BCUT2D eigenvalue weighted by Crippen LogP contribution is 2.40. The summed E-state index contributed by atoms with van der Waals surface area (Å²) in [5.41, 5.74) is 1.71. The minimum Gasteiger partial charge on any atom is -0.359 e. The molecular weight excluding hydrogens is 236 g/mol. The highest BCUT2D eigenvalue weighted by atomic mass is 32.3. The summed E-state index contributed by atoms with van der Waals surface area (Å²) in [4.78, 5) is 0.324. The van der Waals surface area contributed by atoms with Gasteiger partial charge in [-0.2, -0.15) is 0 Å². The van der Waals surface area contributed by atoms with E-state index in [0.717, 1.165) is 11.4 Å². The first-order valence-electron chi connectivity index (χ1n) is 5.23. The highest BCUT2D eigenvalue weighted by molar-refractivity contribution is 8.22. The number of rotatable bonds is 3. The molecule has 5 N–H and O–H groups in total. The zero-order chi connectivity index (χ0) is 13.3. The van der Waals surface area contributed by atoms with Crippen LogP contribution in [0.25, 0.3) is 0 Å². The summed E-state index contributed by atoms with van der Waals surface area (Å²) in [6.45, 7) is 10.2. The molecule has 4 nitrogen and oxygen atoms in total. The number of nitrogens with one attached hydrogen (secondary N) is 1. The summed E-state index contributed by atoms with van der Waals surface area (Å²) in [5, 5.41) is 8.41. The van der Waals surface area contributed by atoms with Crippen molar-refractivity contribution < 1.29 is 9.11 Å². The molecule has 0 spiro atoms. The zero-order valence-electron chi connectivity index (χ0n) is 10.4. The fourth-order valence-corrected chi connectivity index (χ4v) is 1.64. The number of hydrogen-bond donors (Lipinski definition) is 4. The third kappa shape index (κ3) is 4.05. The summed E-state index contributed by atoms with van der Waals surface area (Å²) in [7, 11) is -3.13. The normalized spacial score (nSPS) is 13.3. The fourth-order valence-electron chi connectivity index (χ4n) is 1.10. The summed E-state index contributed by atoms with van der Waals surface area (Å²) in [5.74, 6) is 0. The summed E-state index contributed by atoms with van der Waals surface area (Å²) in [6, 6.07) is 6.67. The van der Waals surface area contributed by atoms with Gasteiger partial charge in [-0.25, -0.2) is 5.14 Å². The Morgan fingerprint density at radius 3 is 2.06 bits per heavy atom. The molecule has 17 heavy (non-hydrogen) atoms. The van der Waals surface area contributed by atoms with Gasteiger partial charge in [0.05, 0.1) is 4.90 Å². The van der Waals surface area contributed by atoms with Crippen LogP contribution in [0.1, 0.15) is 20.8 Å². The second kappa shape index (κ2) is 4.70. The number of allylic oxidation sites excluding steroid dienone is 1. The number of anilines is 1. The van der Waals surface area contributed by atoms with E-state index in [-0.39, 0.29) is 5.41 Å². The van der Waals surface area contributed by atoms with Gasteiger partial charge in [0.25, 0.3) is 0 Å². The minimum atomic E-state index is -3.13. The van der Waals surface area contributed by atoms with E-state index >= 15 is 0 Å². The largest absolute Gasteiger partial charge is 0.359 e. The van der Waals surface area contributed by atoms with Gasteiger partial charge in [0.2, 0.25) is 0 Å². The van der Waals surface area contributed by atoms with Gasteiger partial charge in [-0.3, -0.25) is 9.11 Å². The molecule has 0 aromatic heterocycles. The van der Waals surface area contributed by atoms with Crippen molar-refractivity contribution >= 4 is 16.5 Å². The minimum absolute atomic E-state index is 0.0322. The molecule has 0 aliphatic rings. The average molecular weight is 256 g/mol. The van der Waals surface area contributed by atoms with Crippen LogP contribution in [0.5, 0.6) is 0 Å². The van der Waals surface area contributed by atoms with Gasteiger partial charge in [-0.15, -0.1) is 10.8 Å². The number of nitrogens with two attached hydrogens (primary N) is 1. The maximum Gasteiger partial charge on any atom is 0.0749 e. The van der Waals surface area contributed by atoms with Gasteiger partial charge >= 0.3 is 0 Å². The van der Waals surface area contributed by atoms with Crippen molar-refractivity contribution in [3.63, 3.8) is 0 Å². The van der Waals surface area contributed by atoms with Crippen LogP contribution in [-0.2, 0) is 0 Å². The molecule has 0 saturated carbocycles.